The Balaban J connectivity index is 1.83. The fourth-order valence-electron chi connectivity index (χ4n) is 2.36. The van der Waals surface area contributed by atoms with E-state index in [0.29, 0.717) is 6.61 Å². The Morgan fingerprint density at radius 1 is 1.32 bits per heavy atom. The number of hydrogen-bond donors (Lipinski definition) is 1. The molecule has 0 saturated carbocycles. The molecular weight excluding hydrogens is 332 g/mol. The highest BCUT2D eigenvalue weighted by molar-refractivity contribution is 7.11. The average molecular weight is 361 g/mol. The van der Waals surface area contributed by atoms with Gasteiger partial charge in [-0.1, -0.05) is 18.2 Å². The van der Waals surface area contributed by atoms with Crippen LogP contribution in [0.1, 0.15) is 22.4 Å². The van der Waals surface area contributed by atoms with Gasteiger partial charge in [-0.3, -0.25) is 4.99 Å². The molecule has 0 aliphatic carbocycles. The minimum Gasteiger partial charge on any atom is -0.491 e. The first kappa shape index (κ1) is 19.2. The first-order valence-corrected chi connectivity index (χ1v) is 9.51. The molecule has 6 heteroatoms. The lowest BCUT2D eigenvalue weighted by atomic mass is 10.2. The molecule has 0 aliphatic heterocycles. The maximum atomic E-state index is 5.88. The van der Waals surface area contributed by atoms with Crippen LogP contribution in [0.25, 0.3) is 0 Å². The van der Waals surface area contributed by atoms with E-state index in [0.717, 1.165) is 48.3 Å². The summed E-state index contributed by atoms with van der Waals surface area (Å²) in [6.45, 7) is 9.20. The average Bonchev–Trinajstić information content (AvgIpc) is 3.01. The topological polar surface area (TPSA) is 49.8 Å². The van der Waals surface area contributed by atoms with Gasteiger partial charge in [0.2, 0.25) is 0 Å². The molecule has 136 valence electrons. The van der Waals surface area contributed by atoms with Crippen LogP contribution in [0.2, 0.25) is 0 Å². The van der Waals surface area contributed by atoms with E-state index >= 15 is 0 Å². The third-order valence-corrected chi connectivity index (χ3v) is 4.70. The Morgan fingerprint density at radius 3 is 2.80 bits per heavy atom. The number of guanidine groups is 1. The molecule has 1 N–H and O–H groups in total. The summed E-state index contributed by atoms with van der Waals surface area (Å²) in [5.41, 5.74) is 1.16. The molecule has 0 aliphatic rings. The minimum absolute atomic E-state index is 0.622. The molecule has 0 radical (unpaired) electrons. The minimum atomic E-state index is 0.622. The second kappa shape index (κ2) is 10.0. The Bertz CT molecular complexity index is 684. The predicted octanol–water partition coefficient (Wildman–Crippen LogP) is 3.28. The van der Waals surface area contributed by atoms with Gasteiger partial charge in [0.25, 0.3) is 0 Å². The molecule has 1 aromatic carbocycles. The molecule has 0 amide bonds. The van der Waals surface area contributed by atoms with E-state index in [1.165, 1.54) is 4.88 Å². The van der Waals surface area contributed by atoms with Gasteiger partial charge in [-0.25, -0.2) is 4.98 Å². The van der Waals surface area contributed by atoms with Crippen LogP contribution in [-0.4, -0.2) is 49.1 Å². The molecule has 0 spiro atoms. The molecule has 0 unspecified atom stereocenters. The Kier molecular flexibility index (Phi) is 7.73. The number of ether oxygens (including phenoxy) is 1. The third-order valence-electron chi connectivity index (χ3n) is 3.73. The van der Waals surface area contributed by atoms with Gasteiger partial charge < -0.3 is 15.0 Å². The molecule has 25 heavy (non-hydrogen) atoms. The van der Waals surface area contributed by atoms with Gasteiger partial charge in [-0.2, -0.15) is 0 Å². The molecule has 0 bridgehead atoms. The van der Waals surface area contributed by atoms with Gasteiger partial charge in [-0.15, -0.1) is 11.3 Å². The normalized spacial score (nSPS) is 11.4. The molecular formula is C19H28N4OS. The molecule has 2 aromatic rings. The number of nitrogens with one attached hydrogen (secondary N) is 1. The van der Waals surface area contributed by atoms with Crippen LogP contribution >= 0.6 is 11.3 Å². The SMILES string of the molecule is CCNC(=NCCc1ncc(C)s1)N(C)CCOc1ccccc1C. The third kappa shape index (κ3) is 6.38. The lowest BCUT2D eigenvalue weighted by Crippen LogP contribution is -2.41. The van der Waals surface area contributed by atoms with Crippen molar-refractivity contribution in [2.24, 2.45) is 4.99 Å². The quantitative estimate of drug-likeness (QED) is 0.580. The van der Waals surface area contributed by atoms with Crippen molar-refractivity contribution >= 4 is 17.3 Å². The van der Waals surface area contributed by atoms with Gasteiger partial charge in [0.1, 0.15) is 12.4 Å². The Morgan fingerprint density at radius 2 is 2.12 bits per heavy atom. The van der Waals surface area contributed by atoms with Crippen molar-refractivity contribution in [3.8, 4) is 5.75 Å². The number of rotatable bonds is 8. The summed E-state index contributed by atoms with van der Waals surface area (Å²) < 4.78 is 5.88. The summed E-state index contributed by atoms with van der Waals surface area (Å²) in [7, 11) is 2.04. The smallest absolute Gasteiger partial charge is 0.193 e. The highest BCUT2D eigenvalue weighted by Gasteiger charge is 2.07. The largest absolute Gasteiger partial charge is 0.491 e. The molecule has 0 fully saturated rings. The van der Waals surface area contributed by atoms with Crippen LogP contribution in [0.3, 0.4) is 0 Å². The summed E-state index contributed by atoms with van der Waals surface area (Å²) in [5.74, 6) is 1.85. The van der Waals surface area contributed by atoms with Gasteiger partial charge in [0, 0.05) is 37.6 Å². The van der Waals surface area contributed by atoms with Gasteiger partial charge in [0.05, 0.1) is 11.6 Å². The van der Waals surface area contributed by atoms with Gasteiger partial charge >= 0.3 is 0 Å². The number of thiazole rings is 1. The monoisotopic (exact) mass is 360 g/mol. The number of benzene rings is 1. The number of nitrogens with zero attached hydrogens (tertiary/aromatic N) is 3. The molecule has 5 nitrogen and oxygen atoms in total. The Labute approximate surface area is 154 Å². The van der Waals surface area contributed by atoms with Gasteiger partial charge in [0.15, 0.2) is 5.96 Å². The predicted molar refractivity (Wildman–Crippen MR) is 106 cm³/mol. The van der Waals surface area contributed by atoms with E-state index in [2.05, 4.69) is 42.0 Å². The number of aliphatic imine (C=N–C) groups is 1. The number of aromatic nitrogens is 1. The zero-order valence-corrected chi connectivity index (χ0v) is 16.4. The van der Waals surface area contributed by atoms with Crippen LogP contribution in [0.15, 0.2) is 35.5 Å². The van der Waals surface area contributed by atoms with E-state index < -0.39 is 0 Å². The standard InChI is InChI=1S/C19H28N4OS/c1-5-20-19(21-11-10-18-22-14-16(3)25-18)23(4)12-13-24-17-9-7-6-8-15(17)2/h6-9,14H,5,10-13H2,1-4H3,(H,20,21). The summed E-state index contributed by atoms with van der Waals surface area (Å²) in [6, 6.07) is 8.08. The zero-order chi connectivity index (χ0) is 18.1. The van der Waals surface area contributed by atoms with Gasteiger partial charge in [-0.05, 0) is 32.4 Å². The van der Waals surface area contributed by atoms with E-state index in [1.807, 2.05) is 31.4 Å². The number of para-hydroxylation sites is 1. The van der Waals surface area contributed by atoms with Crippen LogP contribution in [-0.2, 0) is 6.42 Å². The number of aryl methyl sites for hydroxylation is 2. The van der Waals surface area contributed by atoms with Crippen molar-refractivity contribution in [3.63, 3.8) is 0 Å². The van der Waals surface area contributed by atoms with Crippen LogP contribution in [0.4, 0.5) is 0 Å². The summed E-state index contributed by atoms with van der Waals surface area (Å²) in [4.78, 5) is 12.4. The van der Waals surface area contributed by atoms with Crippen molar-refractivity contribution in [2.45, 2.75) is 27.2 Å². The molecule has 1 aromatic heterocycles. The first-order valence-electron chi connectivity index (χ1n) is 8.69. The zero-order valence-electron chi connectivity index (χ0n) is 15.6. The van der Waals surface area contributed by atoms with Crippen molar-refractivity contribution < 1.29 is 4.74 Å². The highest BCUT2D eigenvalue weighted by atomic mass is 32.1. The molecule has 2 rings (SSSR count). The van der Waals surface area contributed by atoms with Crippen molar-refractivity contribution in [3.05, 3.63) is 45.9 Å². The maximum absolute atomic E-state index is 5.88. The maximum Gasteiger partial charge on any atom is 0.193 e. The fourth-order valence-corrected chi connectivity index (χ4v) is 3.14. The van der Waals surface area contributed by atoms with E-state index in [1.54, 1.807) is 11.3 Å². The molecule has 0 atom stereocenters. The lowest BCUT2D eigenvalue weighted by molar-refractivity contribution is 0.280. The summed E-state index contributed by atoms with van der Waals surface area (Å²) >= 11 is 1.74. The lowest BCUT2D eigenvalue weighted by Gasteiger charge is -2.22. The summed E-state index contributed by atoms with van der Waals surface area (Å²) in [5, 5.41) is 4.48. The summed E-state index contributed by atoms with van der Waals surface area (Å²) in [6.07, 6.45) is 2.80. The van der Waals surface area contributed by atoms with Crippen LogP contribution in [0.5, 0.6) is 5.75 Å². The second-order valence-corrected chi connectivity index (χ2v) is 7.21. The van der Waals surface area contributed by atoms with E-state index in [9.17, 15) is 0 Å². The second-order valence-electron chi connectivity index (χ2n) is 5.89. The number of hydrogen-bond acceptors (Lipinski definition) is 4. The van der Waals surface area contributed by atoms with Crippen molar-refractivity contribution in [1.82, 2.24) is 15.2 Å². The Hall–Kier alpha value is -2.08. The van der Waals surface area contributed by atoms with E-state index in [4.69, 9.17) is 9.73 Å². The van der Waals surface area contributed by atoms with Crippen molar-refractivity contribution in [1.29, 1.82) is 0 Å². The van der Waals surface area contributed by atoms with Crippen molar-refractivity contribution in [2.75, 3.05) is 33.3 Å². The van der Waals surface area contributed by atoms with E-state index in [-0.39, 0.29) is 0 Å². The molecule has 0 saturated heterocycles. The first-order chi connectivity index (χ1) is 12.1. The number of likely N-dealkylation sites (N-methyl/N-ethyl adjacent to an activating group) is 1. The molecule has 1 heterocycles. The fraction of sp³-hybridized carbons (Fsp3) is 0.474. The van der Waals surface area contributed by atoms with Crippen LogP contribution in [0, 0.1) is 13.8 Å². The van der Waals surface area contributed by atoms with Crippen LogP contribution < -0.4 is 10.1 Å². The highest BCUT2D eigenvalue weighted by Crippen LogP contribution is 2.15.